The smallest absolute Gasteiger partial charge is 0.282 e. The maximum atomic E-state index is 11.4. The predicted molar refractivity (Wildman–Crippen MR) is 60.6 cm³/mol. The van der Waals surface area contributed by atoms with Crippen molar-refractivity contribution in [2.24, 2.45) is 0 Å². The molecule has 1 aromatic carbocycles. The SMILES string of the molecule is Nc1cc([N+](=O)[O-])c(C(=O)CBr)cc1Cl. The van der Waals surface area contributed by atoms with E-state index >= 15 is 0 Å². The molecule has 0 radical (unpaired) electrons. The molecule has 0 saturated heterocycles. The Morgan fingerprint density at radius 2 is 2.20 bits per heavy atom. The molecule has 0 unspecified atom stereocenters. The number of halogens is 2. The van der Waals surface area contributed by atoms with Gasteiger partial charge in [-0.15, -0.1) is 0 Å². The topological polar surface area (TPSA) is 86.2 Å². The Morgan fingerprint density at radius 3 is 2.67 bits per heavy atom. The molecule has 0 aromatic heterocycles. The highest BCUT2D eigenvalue weighted by Crippen LogP contribution is 2.29. The molecule has 15 heavy (non-hydrogen) atoms. The Morgan fingerprint density at radius 1 is 1.60 bits per heavy atom. The Hall–Kier alpha value is -1.14. The molecular formula is C8H6BrClN2O3. The van der Waals surface area contributed by atoms with Crippen LogP contribution in [0.15, 0.2) is 12.1 Å². The summed E-state index contributed by atoms with van der Waals surface area (Å²) in [6, 6.07) is 2.29. The molecule has 0 amide bonds. The van der Waals surface area contributed by atoms with Crippen molar-refractivity contribution >= 4 is 44.7 Å². The first kappa shape index (κ1) is 11.9. The quantitative estimate of drug-likeness (QED) is 0.305. The average Bonchev–Trinajstić information content (AvgIpc) is 2.20. The van der Waals surface area contributed by atoms with Gasteiger partial charge in [-0.05, 0) is 6.07 Å². The summed E-state index contributed by atoms with van der Waals surface area (Å²) in [5.41, 5.74) is 5.11. The normalized spacial score (nSPS) is 10.0. The zero-order chi connectivity index (χ0) is 11.6. The summed E-state index contributed by atoms with van der Waals surface area (Å²) in [5, 5.41) is 10.8. The van der Waals surface area contributed by atoms with Crippen molar-refractivity contribution in [1.29, 1.82) is 0 Å². The van der Waals surface area contributed by atoms with Gasteiger partial charge in [0.2, 0.25) is 0 Å². The van der Waals surface area contributed by atoms with E-state index in [4.69, 9.17) is 17.3 Å². The monoisotopic (exact) mass is 292 g/mol. The first-order chi connectivity index (χ1) is 6.97. The molecule has 0 fully saturated rings. The number of benzene rings is 1. The fourth-order valence-electron chi connectivity index (χ4n) is 1.02. The lowest BCUT2D eigenvalue weighted by Crippen LogP contribution is -2.06. The van der Waals surface area contributed by atoms with Crippen LogP contribution < -0.4 is 5.73 Å². The van der Waals surface area contributed by atoms with E-state index in [1.54, 1.807) is 0 Å². The number of carbonyl (C=O) groups excluding carboxylic acids is 1. The number of rotatable bonds is 3. The highest BCUT2D eigenvalue weighted by Gasteiger charge is 2.21. The van der Waals surface area contributed by atoms with Crippen molar-refractivity contribution in [2.75, 3.05) is 11.1 Å². The van der Waals surface area contributed by atoms with E-state index in [0.717, 1.165) is 6.07 Å². The third-order valence-electron chi connectivity index (χ3n) is 1.73. The van der Waals surface area contributed by atoms with E-state index < -0.39 is 10.7 Å². The van der Waals surface area contributed by atoms with Crippen LogP contribution in [0, 0.1) is 10.1 Å². The van der Waals surface area contributed by atoms with E-state index in [1.165, 1.54) is 6.07 Å². The van der Waals surface area contributed by atoms with E-state index in [0.29, 0.717) is 0 Å². The first-order valence-corrected chi connectivity index (χ1v) is 5.30. The number of ketones is 1. The lowest BCUT2D eigenvalue weighted by molar-refractivity contribution is -0.385. The number of nitrogens with two attached hydrogens (primary N) is 1. The Kier molecular flexibility index (Phi) is 3.65. The number of alkyl halides is 1. The van der Waals surface area contributed by atoms with Crippen LogP contribution in [0.3, 0.4) is 0 Å². The van der Waals surface area contributed by atoms with Crippen molar-refractivity contribution in [3.63, 3.8) is 0 Å². The number of nitro groups is 1. The lowest BCUT2D eigenvalue weighted by atomic mass is 10.1. The molecule has 1 rings (SSSR count). The number of hydrogen-bond donors (Lipinski definition) is 1. The van der Waals surface area contributed by atoms with Crippen molar-refractivity contribution in [1.82, 2.24) is 0 Å². The Balaban J connectivity index is 3.41. The fourth-order valence-corrected chi connectivity index (χ4v) is 1.49. The third-order valence-corrected chi connectivity index (χ3v) is 2.57. The second kappa shape index (κ2) is 4.59. The highest BCUT2D eigenvalue weighted by atomic mass is 79.9. The molecule has 0 spiro atoms. The second-order valence-corrected chi connectivity index (χ2v) is 3.67. The van der Waals surface area contributed by atoms with Crippen LogP contribution in [0.1, 0.15) is 10.4 Å². The van der Waals surface area contributed by atoms with E-state index in [-0.39, 0.29) is 27.3 Å². The van der Waals surface area contributed by atoms with Gasteiger partial charge in [-0.25, -0.2) is 0 Å². The number of carbonyl (C=O) groups is 1. The summed E-state index contributed by atoms with van der Waals surface area (Å²) in [6.07, 6.45) is 0. The largest absolute Gasteiger partial charge is 0.397 e. The van der Waals surface area contributed by atoms with Crippen molar-refractivity contribution < 1.29 is 9.72 Å². The summed E-state index contributed by atoms with van der Waals surface area (Å²) in [6.45, 7) is 0. The number of nitro benzene ring substituents is 1. The molecule has 0 saturated carbocycles. The van der Waals surface area contributed by atoms with E-state index in [1.807, 2.05) is 0 Å². The summed E-state index contributed by atoms with van der Waals surface area (Å²) < 4.78 is 0. The Labute approximate surface area is 98.5 Å². The van der Waals surface area contributed by atoms with Crippen molar-refractivity contribution in [3.8, 4) is 0 Å². The number of nitrogen functional groups attached to an aromatic ring is 1. The molecule has 7 heteroatoms. The standard InChI is InChI=1S/C8H6BrClN2O3/c9-3-8(13)4-1-5(10)6(11)2-7(4)12(14)15/h1-2H,3,11H2. The van der Waals surface area contributed by atoms with Gasteiger partial charge in [0, 0.05) is 6.07 Å². The number of Topliss-reactive ketones (excluding diaryl/α,β-unsaturated/α-hetero) is 1. The zero-order valence-electron chi connectivity index (χ0n) is 7.37. The molecule has 80 valence electrons. The maximum absolute atomic E-state index is 11.4. The second-order valence-electron chi connectivity index (χ2n) is 2.70. The molecule has 0 aliphatic heterocycles. The van der Waals surface area contributed by atoms with Crippen LogP contribution in [-0.4, -0.2) is 16.0 Å². The molecule has 0 aliphatic carbocycles. The summed E-state index contributed by atoms with van der Waals surface area (Å²) in [4.78, 5) is 21.3. The minimum absolute atomic E-state index is 0.00587. The molecule has 5 nitrogen and oxygen atoms in total. The molecular weight excluding hydrogens is 287 g/mol. The maximum Gasteiger partial charge on any atom is 0.282 e. The van der Waals surface area contributed by atoms with Gasteiger partial charge in [0.1, 0.15) is 0 Å². The minimum Gasteiger partial charge on any atom is -0.397 e. The van der Waals surface area contributed by atoms with Gasteiger partial charge in [0.25, 0.3) is 5.69 Å². The van der Waals surface area contributed by atoms with E-state index in [2.05, 4.69) is 15.9 Å². The highest BCUT2D eigenvalue weighted by molar-refractivity contribution is 9.09. The molecule has 1 aromatic rings. The average molecular weight is 294 g/mol. The summed E-state index contributed by atoms with van der Waals surface area (Å²) in [7, 11) is 0. The van der Waals surface area contributed by atoms with E-state index in [9.17, 15) is 14.9 Å². The molecule has 2 N–H and O–H groups in total. The van der Waals surface area contributed by atoms with Crippen molar-refractivity contribution in [2.45, 2.75) is 0 Å². The summed E-state index contributed by atoms with van der Waals surface area (Å²) >= 11 is 8.61. The van der Waals surface area contributed by atoms with Gasteiger partial charge in [-0.2, -0.15) is 0 Å². The number of anilines is 1. The lowest BCUT2D eigenvalue weighted by Gasteiger charge is -2.03. The van der Waals surface area contributed by atoms with Crippen LogP contribution in [0.4, 0.5) is 11.4 Å². The van der Waals surface area contributed by atoms with Crippen LogP contribution in [0.5, 0.6) is 0 Å². The van der Waals surface area contributed by atoms with Crippen LogP contribution in [0.2, 0.25) is 5.02 Å². The van der Waals surface area contributed by atoms with Gasteiger partial charge in [-0.3, -0.25) is 14.9 Å². The molecule has 0 aliphatic rings. The van der Waals surface area contributed by atoms with Crippen LogP contribution >= 0.6 is 27.5 Å². The molecule has 0 bridgehead atoms. The molecule has 0 atom stereocenters. The zero-order valence-corrected chi connectivity index (χ0v) is 9.71. The molecule has 0 heterocycles. The number of hydrogen-bond acceptors (Lipinski definition) is 4. The first-order valence-electron chi connectivity index (χ1n) is 3.80. The van der Waals surface area contributed by atoms with Gasteiger partial charge in [0.15, 0.2) is 5.78 Å². The fraction of sp³-hybridized carbons (Fsp3) is 0.125. The van der Waals surface area contributed by atoms with Gasteiger partial charge < -0.3 is 5.73 Å². The van der Waals surface area contributed by atoms with Crippen LogP contribution in [0.25, 0.3) is 0 Å². The van der Waals surface area contributed by atoms with Crippen molar-refractivity contribution in [3.05, 3.63) is 32.8 Å². The predicted octanol–water partition coefficient (Wildman–Crippen LogP) is 2.41. The Bertz CT molecular complexity index is 436. The van der Waals surface area contributed by atoms with Gasteiger partial charge in [0.05, 0.1) is 26.5 Å². The minimum atomic E-state index is -0.664. The third kappa shape index (κ3) is 2.45. The number of nitrogens with zero attached hydrogens (tertiary/aromatic N) is 1. The van der Waals surface area contributed by atoms with Crippen LogP contribution in [-0.2, 0) is 0 Å². The van der Waals surface area contributed by atoms with Gasteiger partial charge >= 0.3 is 0 Å². The van der Waals surface area contributed by atoms with Gasteiger partial charge in [-0.1, -0.05) is 27.5 Å². The summed E-state index contributed by atoms with van der Waals surface area (Å²) in [5.74, 6) is -0.413.